The fraction of sp³-hybridized carbons (Fsp3) is 0.500. The van der Waals surface area contributed by atoms with Crippen molar-refractivity contribution in [2.24, 2.45) is 5.92 Å². The van der Waals surface area contributed by atoms with Gasteiger partial charge in [0.25, 0.3) is 5.56 Å². The zero-order valence-corrected chi connectivity index (χ0v) is 17.0. The third-order valence-electron chi connectivity index (χ3n) is 6.57. The van der Waals surface area contributed by atoms with Gasteiger partial charge in [0.15, 0.2) is 5.65 Å². The van der Waals surface area contributed by atoms with Gasteiger partial charge in [-0.2, -0.15) is 18.3 Å². The molecule has 0 amide bonds. The highest BCUT2D eigenvalue weighted by atomic mass is 19.4. The molecular weight excluding hydrogens is 407 g/mol. The Morgan fingerprint density at radius 3 is 2.55 bits per heavy atom. The molecule has 3 aromatic rings. The minimum atomic E-state index is -4.38. The molecule has 5 rings (SSSR count). The van der Waals surface area contributed by atoms with Crippen LogP contribution in [-0.4, -0.2) is 43.9 Å². The number of rotatable bonds is 4. The molecule has 1 aromatic carbocycles. The number of hydrogen-bond acceptors (Lipinski definition) is 4. The molecule has 1 N–H and O–H groups in total. The summed E-state index contributed by atoms with van der Waals surface area (Å²) in [6.07, 6.45) is 1.14. The Morgan fingerprint density at radius 2 is 1.84 bits per heavy atom. The molecule has 0 spiro atoms. The van der Waals surface area contributed by atoms with Gasteiger partial charge in [0, 0.05) is 25.6 Å². The second-order valence-corrected chi connectivity index (χ2v) is 8.65. The van der Waals surface area contributed by atoms with E-state index in [4.69, 9.17) is 0 Å². The van der Waals surface area contributed by atoms with Crippen LogP contribution < -0.4 is 5.56 Å². The minimum absolute atomic E-state index is 0.107. The highest BCUT2D eigenvalue weighted by molar-refractivity contribution is 5.73. The summed E-state index contributed by atoms with van der Waals surface area (Å²) in [5.74, 6) is -2.40. The number of likely N-dealkylation sites (tertiary alicyclic amines) is 1. The van der Waals surface area contributed by atoms with Gasteiger partial charge in [-0.25, -0.2) is 9.67 Å². The lowest BCUT2D eigenvalue weighted by Crippen LogP contribution is -2.31. The van der Waals surface area contributed by atoms with Crippen molar-refractivity contribution in [3.05, 3.63) is 58.3 Å². The smallest absolute Gasteiger partial charge is 0.310 e. The first-order valence-electron chi connectivity index (χ1n) is 10.7. The van der Waals surface area contributed by atoms with Crippen LogP contribution in [0, 0.1) is 5.92 Å². The van der Waals surface area contributed by atoms with Crippen molar-refractivity contribution in [1.82, 2.24) is 24.6 Å². The van der Waals surface area contributed by atoms with Crippen molar-refractivity contribution in [3.8, 4) is 0 Å². The van der Waals surface area contributed by atoms with Crippen molar-refractivity contribution in [1.29, 1.82) is 0 Å². The van der Waals surface area contributed by atoms with Crippen molar-refractivity contribution < 1.29 is 13.2 Å². The van der Waals surface area contributed by atoms with Crippen molar-refractivity contribution in [3.63, 3.8) is 0 Å². The molecule has 1 saturated heterocycles. The molecule has 164 valence electrons. The lowest BCUT2D eigenvalue weighted by Gasteiger charge is -2.20. The highest BCUT2D eigenvalue weighted by Gasteiger charge is 2.51. The number of halogens is 3. The molecule has 6 nitrogen and oxygen atoms in total. The van der Waals surface area contributed by atoms with Gasteiger partial charge < -0.3 is 4.98 Å². The number of nitrogens with zero attached hydrogens (tertiary/aromatic N) is 4. The summed E-state index contributed by atoms with van der Waals surface area (Å²) in [6.45, 7) is 0.494. The number of H-pyrrole nitrogens is 1. The summed E-state index contributed by atoms with van der Waals surface area (Å²) in [5.41, 5.74) is 0.931. The number of fused-ring (bicyclic) bond motifs is 1. The second-order valence-electron chi connectivity index (χ2n) is 8.65. The first-order valence-corrected chi connectivity index (χ1v) is 10.7. The lowest BCUT2D eigenvalue weighted by atomic mass is 9.94. The quantitative estimate of drug-likeness (QED) is 0.678. The van der Waals surface area contributed by atoms with Crippen LogP contribution in [0.5, 0.6) is 0 Å². The van der Waals surface area contributed by atoms with E-state index in [9.17, 15) is 18.0 Å². The molecule has 0 bridgehead atoms. The van der Waals surface area contributed by atoms with Crippen LogP contribution in [0.4, 0.5) is 13.2 Å². The Morgan fingerprint density at radius 1 is 1.10 bits per heavy atom. The first kappa shape index (κ1) is 20.2. The predicted octanol–water partition coefficient (Wildman–Crippen LogP) is 4.01. The number of alkyl halides is 3. The molecule has 2 fully saturated rings. The maximum atomic E-state index is 13.9. The van der Waals surface area contributed by atoms with Crippen molar-refractivity contribution in [2.75, 3.05) is 13.1 Å². The van der Waals surface area contributed by atoms with Crippen LogP contribution in [0.15, 0.2) is 41.3 Å². The van der Waals surface area contributed by atoms with Crippen LogP contribution >= 0.6 is 0 Å². The van der Waals surface area contributed by atoms with Gasteiger partial charge in [0.1, 0.15) is 11.2 Å². The maximum absolute atomic E-state index is 13.9. The Kier molecular flexibility index (Phi) is 5.08. The highest BCUT2D eigenvalue weighted by Crippen LogP contribution is 2.42. The minimum Gasteiger partial charge on any atom is -0.310 e. The molecule has 1 saturated carbocycles. The normalized spacial score (nSPS) is 23.2. The number of aromatic nitrogens is 4. The molecule has 2 aromatic heterocycles. The van der Waals surface area contributed by atoms with Gasteiger partial charge in [0.2, 0.25) is 0 Å². The van der Waals surface area contributed by atoms with Gasteiger partial charge in [-0.05, 0) is 18.4 Å². The Labute approximate surface area is 177 Å². The first-order chi connectivity index (χ1) is 14.9. The van der Waals surface area contributed by atoms with E-state index >= 15 is 0 Å². The summed E-state index contributed by atoms with van der Waals surface area (Å²) in [6, 6.07) is 9.59. The van der Waals surface area contributed by atoms with E-state index < -0.39 is 23.6 Å². The van der Waals surface area contributed by atoms with Crippen LogP contribution in [0.3, 0.4) is 0 Å². The number of aromatic amines is 1. The zero-order valence-electron chi connectivity index (χ0n) is 17.0. The summed E-state index contributed by atoms with van der Waals surface area (Å²) in [5, 5.41) is 4.68. The van der Waals surface area contributed by atoms with Gasteiger partial charge in [-0.3, -0.25) is 9.69 Å². The van der Waals surface area contributed by atoms with Gasteiger partial charge in [-0.15, -0.1) is 0 Å². The lowest BCUT2D eigenvalue weighted by molar-refractivity contribution is -0.174. The molecule has 1 aliphatic carbocycles. The third-order valence-corrected chi connectivity index (χ3v) is 6.57. The van der Waals surface area contributed by atoms with E-state index in [1.807, 2.05) is 30.3 Å². The molecular formula is C22H24F3N5O. The van der Waals surface area contributed by atoms with E-state index in [2.05, 4.69) is 15.1 Å². The van der Waals surface area contributed by atoms with E-state index in [0.717, 1.165) is 31.2 Å². The molecule has 0 radical (unpaired) electrons. The van der Waals surface area contributed by atoms with E-state index in [1.165, 1.54) is 6.20 Å². The number of nitrogens with one attached hydrogen (secondary N) is 1. The third kappa shape index (κ3) is 3.86. The van der Waals surface area contributed by atoms with E-state index in [-0.39, 0.29) is 25.0 Å². The molecule has 2 atom stereocenters. The van der Waals surface area contributed by atoms with Gasteiger partial charge >= 0.3 is 6.18 Å². The van der Waals surface area contributed by atoms with Crippen LogP contribution in [-0.2, 0) is 6.54 Å². The fourth-order valence-electron chi connectivity index (χ4n) is 5.01. The van der Waals surface area contributed by atoms with E-state index in [0.29, 0.717) is 17.6 Å². The molecule has 9 heteroatoms. The number of hydrogen-bond donors (Lipinski definition) is 1. The van der Waals surface area contributed by atoms with Crippen LogP contribution in [0.2, 0.25) is 0 Å². The van der Waals surface area contributed by atoms with Gasteiger partial charge in [-0.1, -0.05) is 43.2 Å². The average molecular weight is 431 g/mol. The molecule has 31 heavy (non-hydrogen) atoms. The SMILES string of the molecule is O=c1[nH]c([C@@H]2CN(Cc3ccccc3)C[C@H]2C(F)(F)F)nc2c1cnn2C1CCCC1. The van der Waals surface area contributed by atoms with Crippen LogP contribution in [0.25, 0.3) is 11.0 Å². The zero-order chi connectivity index (χ0) is 21.6. The summed E-state index contributed by atoms with van der Waals surface area (Å²) in [7, 11) is 0. The molecule has 0 unspecified atom stereocenters. The average Bonchev–Trinajstić information content (AvgIpc) is 3.47. The fourth-order valence-corrected chi connectivity index (χ4v) is 5.01. The Hall–Kier alpha value is -2.68. The monoisotopic (exact) mass is 431 g/mol. The van der Waals surface area contributed by atoms with Gasteiger partial charge in [0.05, 0.1) is 18.2 Å². The topological polar surface area (TPSA) is 66.8 Å². The Bertz CT molecular complexity index is 1120. The summed E-state index contributed by atoms with van der Waals surface area (Å²) in [4.78, 5) is 21.6. The summed E-state index contributed by atoms with van der Waals surface area (Å²) < 4.78 is 43.5. The molecule has 2 aliphatic rings. The van der Waals surface area contributed by atoms with Crippen molar-refractivity contribution >= 4 is 11.0 Å². The molecule has 1 aliphatic heterocycles. The standard InChI is InChI=1S/C22H24F3N5O/c23-22(24,25)18-13-29(11-14-6-2-1-3-7-14)12-17(18)19-27-20-16(21(31)28-19)10-26-30(20)15-8-4-5-9-15/h1-3,6-7,10,15,17-18H,4-5,8-9,11-13H2,(H,27,28,31)/t17-,18-/m1/s1. The number of benzene rings is 1. The van der Waals surface area contributed by atoms with E-state index in [1.54, 1.807) is 9.58 Å². The molecule has 3 heterocycles. The largest absolute Gasteiger partial charge is 0.393 e. The maximum Gasteiger partial charge on any atom is 0.393 e. The van der Waals surface area contributed by atoms with Crippen molar-refractivity contribution in [2.45, 2.75) is 50.4 Å². The Balaban J connectivity index is 1.50. The van der Waals surface area contributed by atoms with Crippen LogP contribution in [0.1, 0.15) is 49.0 Å². The second kappa shape index (κ2) is 7.78. The predicted molar refractivity (Wildman–Crippen MR) is 110 cm³/mol. The summed E-state index contributed by atoms with van der Waals surface area (Å²) >= 11 is 0.